The molecule has 7 N–H and O–H groups in total. The summed E-state index contributed by atoms with van der Waals surface area (Å²) in [4.78, 5) is 60.5. The summed E-state index contributed by atoms with van der Waals surface area (Å²) >= 11 is 4.04. The van der Waals surface area contributed by atoms with Crippen LogP contribution in [0.25, 0.3) is 0 Å². The molecule has 4 atom stereocenters. The molecule has 0 aliphatic heterocycles. The van der Waals surface area contributed by atoms with Gasteiger partial charge in [-0.2, -0.15) is 12.6 Å². The molecule has 0 saturated heterocycles. The van der Waals surface area contributed by atoms with E-state index in [1.165, 1.54) is 0 Å². The van der Waals surface area contributed by atoms with Crippen molar-refractivity contribution in [2.24, 2.45) is 11.7 Å². The smallest absolute Gasteiger partial charge is 0.326 e. The monoisotopic (exact) mass is 496 g/mol. The number of rotatable bonds is 14. The lowest BCUT2D eigenvalue weighted by Crippen LogP contribution is -2.58. The van der Waals surface area contributed by atoms with Crippen molar-refractivity contribution in [2.75, 3.05) is 5.75 Å². The lowest BCUT2D eigenvalue weighted by atomic mass is 10.0. The van der Waals surface area contributed by atoms with Gasteiger partial charge in [-0.05, 0) is 17.9 Å². The number of hydrogen-bond acceptors (Lipinski definition) is 7. The van der Waals surface area contributed by atoms with Gasteiger partial charge in [-0.3, -0.25) is 19.2 Å². The standard InChI is InChI=1S/C22H32N4O7S/c1-12(2)8-14(23)19(29)26-17(11-34)21(31)24-15(10-18(27)28)20(30)25-16(22(32)33)9-13-6-4-3-5-7-13/h3-7,12,14-17,34H,8-11,23H2,1-2H3,(H,24,31)(H,25,30)(H,26,29)(H,27,28)(H,32,33). The molecule has 1 rings (SSSR count). The first-order valence-electron chi connectivity index (χ1n) is 10.7. The van der Waals surface area contributed by atoms with E-state index < -0.39 is 60.2 Å². The molecule has 0 aliphatic rings. The zero-order valence-corrected chi connectivity index (χ0v) is 20.0. The normalized spacial score (nSPS) is 14.4. The number of carboxylic acids is 2. The average molecular weight is 497 g/mol. The summed E-state index contributed by atoms with van der Waals surface area (Å²) in [5.74, 6) is -5.13. The van der Waals surface area contributed by atoms with Gasteiger partial charge in [0.25, 0.3) is 0 Å². The van der Waals surface area contributed by atoms with Crippen LogP contribution < -0.4 is 21.7 Å². The van der Waals surface area contributed by atoms with Crippen LogP contribution in [0.2, 0.25) is 0 Å². The van der Waals surface area contributed by atoms with Crippen LogP contribution in [0.4, 0.5) is 0 Å². The van der Waals surface area contributed by atoms with E-state index in [0.29, 0.717) is 12.0 Å². The lowest BCUT2D eigenvalue weighted by molar-refractivity contribution is -0.143. The second-order valence-electron chi connectivity index (χ2n) is 8.23. The Morgan fingerprint density at radius 3 is 1.91 bits per heavy atom. The van der Waals surface area contributed by atoms with Crippen molar-refractivity contribution in [3.63, 3.8) is 0 Å². The maximum absolute atomic E-state index is 12.7. The van der Waals surface area contributed by atoms with Crippen molar-refractivity contribution in [1.29, 1.82) is 0 Å². The van der Waals surface area contributed by atoms with Gasteiger partial charge in [0.05, 0.1) is 12.5 Å². The number of hydrogen-bond donors (Lipinski definition) is 7. The number of aliphatic carboxylic acids is 2. The van der Waals surface area contributed by atoms with Crippen LogP contribution in [0.1, 0.15) is 32.3 Å². The zero-order chi connectivity index (χ0) is 25.8. The minimum absolute atomic E-state index is 0.0429. The summed E-state index contributed by atoms with van der Waals surface area (Å²) in [7, 11) is 0. The molecule has 11 nitrogen and oxygen atoms in total. The molecule has 0 aromatic heterocycles. The van der Waals surface area contributed by atoms with Crippen LogP contribution in [-0.2, 0) is 30.4 Å². The van der Waals surface area contributed by atoms with Gasteiger partial charge in [0.2, 0.25) is 17.7 Å². The zero-order valence-electron chi connectivity index (χ0n) is 19.1. The Labute approximate surface area is 203 Å². The van der Waals surface area contributed by atoms with Crippen LogP contribution in [0.3, 0.4) is 0 Å². The van der Waals surface area contributed by atoms with Crippen LogP contribution in [-0.4, -0.2) is 69.8 Å². The molecular formula is C22H32N4O7S. The highest BCUT2D eigenvalue weighted by atomic mass is 32.1. The lowest BCUT2D eigenvalue weighted by Gasteiger charge is -2.24. The van der Waals surface area contributed by atoms with Gasteiger partial charge < -0.3 is 31.9 Å². The number of carbonyl (C=O) groups excluding carboxylic acids is 3. The van der Waals surface area contributed by atoms with E-state index in [9.17, 15) is 34.2 Å². The molecule has 0 radical (unpaired) electrons. The molecule has 3 amide bonds. The van der Waals surface area contributed by atoms with Crippen LogP contribution in [0, 0.1) is 5.92 Å². The highest BCUT2D eigenvalue weighted by Crippen LogP contribution is 2.06. The fraction of sp³-hybridized carbons (Fsp3) is 0.500. The van der Waals surface area contributed by atoms with Gasteiger partial charge in [0, 0.05) is 12.2 Å². The molecule has 34 heavy (non-hydrogen) atoms. The molecule has 0 fully saturated rings. The quantitative estimate of drug-likeness (QED) is 0.169. The van der Waals surface area contributed by atoms with Gasteiger partial charge in [-0.25, -0.2) is 4.79 Å². The maximum atomic E-state index is 12.7. The fourth-order valence-electron chi connectivity index (χ4n) is 3.07. The summed E-state index contributed by atoms with van der Waals surface area (Å²) in [6.07, 6.45) is -0.456. The Morgan fingerprint density at radius 2 is 1.41 bits per heavy atom. The van der Waals surface area contributed by atoms with E-state index in [2.05, 4.69) is 28.6 Å². The second kappa shape index (κ2) is 14.2. The summed E-state index contributed by atoms with van der Waals surface area (Å²) in [5, 5.41) is 25.6. The number of benzene rings is 1. The highest BCUT2D eigenvalue weighted by molar-refractivity contribution is 7.80. The van der Waals surface area contributed by atoms with Crippen LogP contribution in [0.5, 0.6) is 0 Å². The third kappa shape index (κ3) is 10.2. The first kappa shape index (κ1) is 28.9. The Morgan fingerprint density at radius 1 is 0.882 bits per heavy atom. The summed E-state index contributed by atoms with van der Waals surface area (Å²) in [6.45, 7) is 3.76. The third-order valence-electron chi connectivity index (χ3n) is 4.79. The minimum Gasteiger partial charge on any atom is -0.481 e. The number of carbonyl (C=O) groups is 5. The van der Waals surface area contributed by atoms with E-state index in [0.717, 1.165) is 0 Å². The summed E-state index contributed by atoms with van der Waals surface area (Å²) in [6, 6.07) is 3.57. The van der Waals surface area contributed by atoms with E-state index in [1.54, 1.807) is 30.3 Å². The molecule has 4 unspecified atom stereocenters. The Hall–Kier alpha value is -3.12. The molecular weight excluding hydrogens is 464 g/mol. The molecule has 1 aromatic carbocycles. The Balaban J connectivity index is 2.90. The van der Waals surface area contributed by atoms with Gasteiger partial charge >= 0.3 is 11.9 Å². The largest absolute Gasteiger partial charge is 0.481 e. The van der Waals surface area contributed by atoms with Crippen LogP contribution >= 0.6 is 12.6 Å². The topological polar surface area (TPSA) is 188 Å². The molecule has 0 bridgehead atoms. The first-order chi connectivity index (χ1) is 15.9. The maximum Gasteiger partial charge on any atom is 0.326 e. The van der Waals surface area contributed by atoms with Gasteiger partial charge in [0.1, 0.15) is 18.1 Å². The molecule has 0 aliphatic carbocycles. The van der Waals surface area contributed by atoms with Crippen molar-refractivity contribution in [1.82, 2.24) is 16.0 Å². The molecule has 12 heteroatoms. The van der Waals surface area contributed by atoms with Crippen molar-refractivity contribution in [2.45, 2.75) is 57.3 Å². The summed E-state index contributed by atoms with van der Waals surface area (Å²) < 4.78 is 0. The fourth-order valence-corrected chi connectivity index (χ4v) is 3.32. The van der Waals surface area contributed by atoms with Crippen molar-refractivity contribution in [3.8, 4) is 0 Å². The number of carboxylic acid groups (broad SMARTS) is 2. The minimum atomic E-state index is -1.58. The van der Waals surface area contributed by atoms with E-state index in [1.807, 2.05) is 13.8 Å². The van der Waals surface area contributed by atoms with Gasteiger partial charge in [-0.1, -0.05) is 44.2 Å². The van der Waals surface area contributed by atoms with E-state index >= 15 is 0 Å². The second-order valence-corrected chi connectivity index (χ2v) is 8.59. The Kier molecular flexibility index (Phi) is 12.1. The molecule has 0 heterocycles. The van der Waals surface area contributed by atoms with Gasteiger partial charge in [-0.15, -0.1) is 0 Å². The Bertz CT molecular complexity index is 866. The average Bonchev–Trinajstić information content (AvgIpc) is 2.75. The van der Waals surface area contributed by atoms with Crippen molar-refractivity contribution in [3.05, 3.63) is 35.9 Å². The van der Waals surface area contributed by atoms with Gasteiger partial charge in [0.15, 0.2) is 0 Å². The number of nitrogens with two attached hydrogens (primary N) is 1. The molecule has 0 saturated carbocycles. The van der Waals surface area contributed by atoms with Crippen molar-refractivity contribution < 1.29 is 34.2 Å². The van der Waals surface area contributed by atoms with E-state index in [-0.39, 0.29) is 18.1 Å². The molecule has 188 valence electrons. The molecule has 1 aromatic rings. The SMILES string of the molecule is CC(C)CC(N)C(=O)NC(CS)C(=O)NC(CC(=O)O)C(=O)NC(Cc1ccccc1)C(=O)O. The van der Waals surface area contributed by atoms with Crippen molar-refractivity contribution >= 4 is 42.3 Å². The predicted molar refractivity (Wildman–Crippen MR) is 127 cm³/mol. The number of amides is 3. The summed E-state index contributed by atoms with van der Waals surface area (Å²) in [5.41, 5.74) is 6.46. The first-order valence-corrected chi connectivity index (χ1v) is 11.3. The molecule has 0 spiro atoms. The highest BCUT2D eigenvalue weighted by Gasteiger charge is 2.31. The van der Waals surface area contributed by atoms with E-state index in [4.69, 9.17) is 5.73 Å². The van der Waals surface area contributed by atoms with Crippen LogP contribution in [0.15, 0.2) is 30.3 Å². The predicted octanol–water partition coefficient (Wildman–Crippen LogP) is -0.454. The third-order valence-corrected chi connectivity index (χ3v) is 5.15. The number of nitrogens with one attached hydrogen (secondary N) is 3. The number of thiol groups is 1.